The molecule has 1 aliphatic rings. The highest BCUT2D eigenvalue weighted by Gasteiger charge is 2.12. The van der Waals surface area contributed by atoms with E-state index in [4.69, 9.17) is 10.5 Å². The van der Waals surface area contributed by atoms with Crippen molar-refractivity contribution in [3.63, 3.8) is 0 Å². The third-order valence-corrected chi connectivity index (χ3v) is 5.55. The molecular formula is C17H29N5O3S. The minimum atomic E-state index is -3.49. The molecule has 8 nitrogen and oxygen atoms in total. The normalized spacial score (nSPS) is 16.6. The lowest BCUT2D eigenvalue weighted by atomic mass is 10.2. The van der Waals surface area contributed by atoms with E-state index in [1.807, 2.05) is 6.92 Å². The summed E-state index contributed by atoms with van der Waals surface area (Å²) in [5.41, 5.74) is 6.82. The van der Waals surface area contributed by atoms with Crippen LogP contribution in [-0.2, 0) is 14.8 Å². The first-order chi connectivity index (χ1) is 12.5. The Bertz CT molecular complexity index is 670. The fourth-order valence-corrected chi connectivity index (χ4v) is 3.58. The van der Waals surface area contributed by atoms with Crippen LogP contribution in [-0.4, -0.2) is 71.8 Å². The fraction of sp³-hybridized carbons (Fsp3) is 0.588. The van der Waals surface area contributed by atoms with Gasteiger partial charge in [-0.15, -0.1) is 0 Å². The summed E-state index contributed by atoms with van der Waals surface area (Å²) in [5, 5.41) is 2.92. The first-order valence-corrected chi connectivity index (χ1v) is 10.4. The Morgan fingerprint density at radius 2 is 1.92 bits per heavy atom. The van der Waals surface area contributed by atoms with Crippen LogP contribution in [0.25, 0.3) is 0 Å². The van der Waals surface area contributed by atoms with E-state index in [0.29, 0.717) is 19.0 Å². The molecule has 0 bridgehead atoms. The average Bonchev–Trinajstić information content (AvgIpc) is 2.64. The van der Waals surface area contributed by atoms with E-state index in [2.05, 4.69) is 19.9 Å². The molecule has 1 aliphatic heterocycles. The van der Waals surface area contributed by atoms with Crippen LogP contribution in [0.3, 0.4) is 0 Å². The van der Waals surface area contributed by atoms with Gasteiger partial charge in [-0.05, 0) is 25.5 Å². The van der Waals surface area contributed by atoms with Gasteiger partial charge in [0, 0.05) is 39.3 Å². The lowest BCUT2D eigenvalue weighted by Crippen LogP contribution is -2.39. The van der Waals surface area contributed by atoms with Crippen molar-refractivity contribution in [1.29, 1.82) is 0 Å². The molecule has 0 spiro atoms. The number of sulfonamides is 1. The van der Waals surface area contributed by atoms with Gasteiger partial charge in [-0.3, -0.25) is 9.89 Å². The van der Waals surface area contributed by atoms with Gasteiger partial charge in [0.05, 0.1) is 18.1 Å². The molecular weight excluding hydrogens is 354 g/mol. The maximum absolute atomic E-state index is 12.1. The number of hydrogen-bond donors (Lipinski definition) is 3. The van der Waals surface area contributed by atoms with Gasteiger partial charge >= 0.3 is 0 Å². The first kappa shape index (κ1) is 20.6. The largest absolute Gasteiger partial charge is 0.379 e. The molecule has 0 unspecified atom stereocenters. The van der Waals surface area contributed by atoms with Gasteiger partial charge in [0.2, 0.25) is 10.0 Å². The van der Waals surface area contributed by atoms with Crippen LogP contribution in [0.2, 0.25) is 0 Å². The molecule has 1 fully saturated rings. The van der Waals surface area contributed by atoms with Crippen LogP contribution in [0.15, 0.2) is 34.2 Å². The quantitative estimate of drug-likeness (QED) is 0.312. The Balaban J connectivity index is 1.61. The summed E-state index contributed by atoms with van der Waals surface area (Å²) in [5.74, 6) is 0.335. The van der Waals surface area contributed by atoms with Crippen molar-refractivity contribution in [3.8, 4) is 0 Å². The second-order valence-electron chi connectivity index (χ2n) is 6.21. The summed E-state index contributed by atoms with van der Waals surface area (Å²) < 4.78 is 32.1. The SMILES string of the molecule is Cc1ccc(S(=O)(=O)NCCNC(N)=NCCCN2CCOCC2)cc1. The molecule has 0 aliphatic carbocycles. The summed E-state index contributed by atoms with van der Waals surface area (Å²) in [6.45, 7) is 7.69. The monoisotopic (exact) mass is 383 g/mol. The minimum absolute atomic E-state index is 0.236. The average molecular weight is 384 g/mol. The molecule has 0 saturated carbocycles. The number of aliphatic imine (C=N–C) groups is 1. The summed E-state index contributed by atoms with van der Waals surface area (Å²) in [4.78, 5) is 6.87. The Morgan fingerprint density at radius 1 is 1.23 bits per heavy atom. The molecule has 0 radical (unpaired) electrons. The topological polar surface area (TPSA) is 109 Å². The Labute approximate surface area is 155 Å². The second kappa shape index (κ2) is 10.5. The van der Waals surface area contributed by atoms with E-state index in [-0.39, 0.29) is 11.4 Å². The highest BCUT2D eigenvalue weighted by atomic mass is 32.2. The molecule has 1 aromatic rings. The summed E-state index contributed by atoms with van der Waals surface area (Å²) >= 11 is 0. The third-order valence-electron chi connectivity index (χ3n) is 4.07. The van der Waals surface area contributed by atoms with Gasteiger partial charge < -0.3 is 15.8 Å². The molecule has 146 valence electrons. The van der Waals surface area contributed by atoms with Gasteiger partial charge in [0.15, 0.2) is 5.96 Å². The molecule has 9 heteroatoms. The van der Waals surface area contributed by atoms with Crippen molar-refractivity contribution >= 4 is 16.0 Å². The van der Waals surface area contributed by atoms with Crippen LogP contribution in [0.4, 0.5) is 0 Å². The lowest BCUT2D eigenvalue weighted by Gasteiger charge is -2.26. The number of nitrogens with two attached hydrogens (primary N) is 1. The number of morpholine rings is 1. The lowest BCUT2D eigenvalue weighted by molar-refractivity contribution is 0.0377. The van der Waals surface area contributed by atoms with E-state index in [1.54, 1.807) is 24.3 Å². The number of rotatable bonds is 9. The zero-order valence-corrected chi connectivity index (χ0v) is 16.1. The van der Waals surface area contributed by atoms with Crippen LogP contribution in [0.1, 0.15) is 12.0 Å². The van der Waals surface area contributed by atoms with Crippen molar-refractivity contribution in [2.24, 2.45) is 10.7 Å². The van der Waals surface area contributed by atoms with E-state index in [1.165, 1.54) is 0 Å². The van der Waals surface area contributed by atoms with Crippen molar-refractivity contribution in [1.82, 2.24) is 14.9 Å². The Hall–Kier alpha value is -1.68. The summed E-state index contributed by atoms with van der Waals surface area (Å²) in [6, 6.07) is 6.73. The van der Waals surface area contributed by atoms with Crippen molar-refractivity contribution in [2.75, 3.05) is 52.5 Å². The molecule has 26 heavy (non-hydrogen) atoms. The van der Waals surface area contributed by atoms with Crippen molar-refractivity contribution < 1.29 is 13.2 Å². The van der Waals surface area contributed by atoms with Gasteiger partial charge in [0.25, 0.3) is 0 Å². The molecule has 4 N–H and O–H groups in total. The number of hydrogen-bond acceptors (Lipinski definition) is 5. The predicted octanol–water partition coefficient (Wildman–Crippen LogP) is -0.100. The first-order valence-electron chi connectivity index (χ1n) is 8.87. The predicted molar refractivity (Wildman–Crippen MR) is 103 cm³/mol. The smallest absolute Gasteiger partial charge is 0.240 e. The molecule has 0 amide bonds. The zero-order chi connectivity index (χ0) is 18.8. The number of nitrogens with one attached hydrogen (secondary N) is 2. The second-order valence-corrected chi connectivity index (χ2v) is 7.98. The van der Waals surface area contributed by atoms with E-state index >= 15 is 0 Å². The van der Waals surface area contributed by atoms with Crippen LogP contribution >= 0.6 is 0 Å². The molecule has 1 aromatic carbocycles. The Morgan fingerprint density at radius 3 is 2.62 bits per heavy atom. The molecule has 2 rings (SSSR count). The fourth-order valence-electron chi connectivity index (χ4n) is 2.55. The molecule has 1 heterocycles. The van der Waals surface area contributed by atoms with E-state index < -0.39 is 10.0 Å². The third kappa shape index (κ3) is 7.28. The molecule has 0 aromatic heterocycles. The highest BCUT2D eigenvalue weighted by Crippen LogP contribution is 2.09. The Kier molecular flexibility index (Phi) is 8.30. The van der Waals surface area contributed by atoms with Crippen LogP contribution in [0.5, 0.6) is 0 Å². The number of guanidine groups is 1. The van der Waals surface area contributed by atoms with Crippen molar-refractivity contribution in [2.45, 2.75) is 18.2 Å². The maximum Gasteiger partial charge on any atom is 0.240 e. The minimum Gasteiger partial charge on any atom is -0.379 e. The van der Waals surface area contributed by atoms with Gasteiger partial charge in [-0.1, -0.05) is 17.7 Å². The number of ether oxygens (including phenoxy) is 1. The summed E-state index contributed by atoms with van der Waals surface area (Å²) in [7, 11) is -3.49. The van der Waals surface area contributed by atoms with Crippen LogP contribution < -0.4 is 15.8 Å². The van der Waals surface area contributed by atoms with Gasteiger partial charge in [-0.2, -0.15) is 0 Å². The highest BCUT2D eigenvalue weighted by molar-refractivity contribution is 7.89. The maximum atomic E-state index is 12.1. The number of benzene rings is 1. The molecule has 0 atom stereocenters. The standard InChI is InChI=1S/C17H29N5O3S/c1-15-3-5-16(6-4-15)26(23,24)21-9-8-20-17(18)19-7-2-10-22-11-13-25-14-12-22/h3-6,21H,2,7-14H2,1H3,(H3,18,19,20). The van der Waals surface area contributed by atoms with E-state index in [9.17, 15) is 8.42 Å². The molecule has 1 saturated heterocycles. The van der Waals surface area contributed by atoms with Gasteiger partial charge in [-0.25, -0.2) is 13.1 Å². The van der Waals surface area contributed by atoms with E-state index in [0.717, 1.165) is 44.8 Å². The van der Waals surface area contributed by atoms with Crippen molar-refractivity contribution in [3.05, 3.63) is 29.8 Å². The number of nitrogens with zero attached hydrogens (tertiary/aromatic N) is 2. The zero-order valence-electron chi connectivity index (χ0n) is 15.3. The number of aryl methyl sites for hydroxylation is 1. The summed E-state index contributed by atoms with van der Waals surface area (Å²) in [6.07, 6.45) is 0.933. The van der Waals surface area contributed by atoms with Gasteiger partial charge in [0.1, 0.15) is 0 Å². The van der Waals surface area contributed by atoms with Crippen LogP contribution in [0, 0.1) is 6.92 Å².